The van der Waals surface area contributed by atoms with E-state index in [9.17, 15) is 14.9 Å². The van der Waals surface area contributed by atoms with E-state index >= 15 is 0 Å². The normalized spacial score (nSPS) is 10.1. The van der Waals surface area contributed by atoms with Gasteiger partial charge < -0.3 is 0 Å². The molecule has 0 N–H and O–H groups in total. The number of Topliss-reactive ketones (excluding diaryl/α,β-unsaturated/α-hetero) is 1. The summed E-state index contributed by atoms with van der Waals surface area (Å²) in [5.41, 5.74) is 0.248. The van der Waals surface area contributed by atoms with E-state index in [4.69, 9.17) is 0 Å². The molecule has 0 unspecified atom stereocenters. The summed E-state index contributed by atoms with van der Waals surface area (Å²) in [6.07, 6.45) is 0. The van der Waals surface area contributed by atoms with Crippen molar-refractivity contribution in [3.8, 4) is 0 Å². The number of rotatable bonds is 3. The maximum atomic E-state index is 11.4. The van der Waals surface area contributed by atoms with Crippen LogP contribution in [0.5, 0.6) is 0 Å². The Balaban J connectivity index is 3.35. The summed E-state index contributed by atoms with van der Waals surface area (Å²) in [6.45, 7) is 0. The maximum Gasteiger partial charge on any atom is 0.285 e. The Morgan fingerprint density at radius 3 is 2.60 bits per heavy atom. The molecule has 0 aliphatic rings. The van der Waals surface area contributed by atoms with Crippen LogP contribution in [0.25, 0.3) is 0 Å². The molecule has 0 bridgehead atoms. The second-order valence-corrected chi connectivity index (χ2v) is 5.12. The van der Waals surface area contributed by atoms with Gasteiger partial charge in [0.15, 0.2) is 5.78 Å². The van der Waals surface area contributed by atoms with Crippen LogP contribution in [0.3, 0.4) is 0 Å². The monoisotopic (exact) mass is 447 g/mol. The highest BCUT2D eigenvalue weighted by molar-refractivity contribution is 14.1. The quantitative estimate of drug-likeness (QED) is 0.234. The summed E-state index contributed by atoms with van der Waals surface area (Å²) in [4.78, 5) is 21.5. The highest BCUT2D eigenvalue weighted by Crippen LogP contribution is 2.31. The van der Waals surface area contributed by atoms with Crippen molar-refractivity contribution >= 4 is 65.9 Å². The minimum Gasteiger partial charge on any atom is -0.293 e. The van der Waals surface area contributed by atoms with E-state index in [-0.39, 0.29) is 16.8 Å². The van der Waals surface area contributed by atoms with Gasteiger partial charge in [-0.05, 0) is 44.6 Å². The SMILES string of the molecule is O=C(CBr)c1cc(I)c(Br)c([N+](=O)[O-])c1. The molecule has 15 heavy (non-hydrogen) atoms. The van der Waals surface area contributed by atoms with Crippen molar-refractivity contribution in [2.75, 3.05) is 5.33 Å². The molecule has 0 aliphatic heterocycles. The molecule has 0 amide bonds. The third kappa shape index (κ3) is 2.97. The minimum absolute atomic E-state index is 0.0915. The largest absolute Gasteiger partial charge is 0.293 e. The fraction of sp³-hybridized carbons (Fsp3) is 0.125. The van der Waals surface area contributed by atoms with E-state index in [0.29, 0.717) is 13.6 Å². The van der Waals surface area contributed by atoms with Gasteiger partial charge in [0.2, 0.25) is 0 Å². The first-order valence-electron chi connectivity index (χ1n) is 3.70. The van der Waals surface area contributed by atoms with Crippen LogP contribution in [-0.4, -0.2) is 16.0 Å². The van der Waals surface area contributed by atoms with Gasteiger partial charge in [-0.25, -0.2) is 0 Å². The van der Waals surface area contributed by atoms with Crippen molar-refractivity contribution in [3.63, 3.8) is 0 Å². The van der Waals surface area contributed by atoms with Gasteiger partial charge >= 0.3 is 0 Å². The number of hydrogen-bond donors (Lipinski definition) is 0. The van der Waals surface area contributed by atoms with Crippen LogP contribution >= 0.6 is 54.5 Å². The van der Waals surface area contributed by atoms with Crippen LogP contribution in [0, 0.1) is 13.7 Å². The molecule has 80 valence electrons. The van der Waals surface area contributed by atoms with Crippen LogP contribution in [0.15, 0.2) is 16.6 Å². The van der Waals surface area contributed by atoms with Gasteiger partial charge in [0.05, 0.1) is 10.3 Å². The molecule has 7 heteroatoms. The summed E-state index contributed by atoms with van der Waals surface area (Å²) >= 11 is 8.08. The second-order valence-electron chi connectivity index (χ2n) is 2.61. The summed E-state index contributed by atoms with van der Waals surface area (Å²) in [7, 11) is 0. The second kappa shape index (κ2) is 5.35. The maximum absolute atomic E-state index is 11.4. The number of carbonyl (C=O) groups is 1. The molecule has 0 saturated heterocycles. The van der Waals surface area contributed by atoms with E-state index in [1.54, 1.807) is 6.07 Å². The molecular weight excluding hydrogens is 445 g/mol. The lowest BCUT2D eigenvalue weighted by molar-refractivity contribution is -0.385. The molecule has 0 atom stereocenters. The first kappa shape index (κ1) is 13.0. The predicted octanol–water partition coefficient (Wildman–Crippen LogP) is 3.54. The Kier molecular flexibility index (Phi) is 4.65. The molecule has 0 spiro atoms. The summed E-state index contributed by atoms with van der Waals surface area (Å²) < 4.78 is 1.05. The van der Waals surface area contributed by atoms with E-state index in [1.807, 2.05) is 22.6 Å². The van der Waals surface area contributed by atoms with Crippen molar-refractivity contribution < 1.29 is 9.72 Å². The number of alkyl halides is 1. The molecule has 0 aliphatic carbocycles. The van der Waals surface area contributed by atoms with Crippen molar-refractivity contribution in [3.05, 3.63) is 35.9 Å². The molecule has 0 aromatic heterocycles. The zero-order valence-electron chi connectivity index (χ0n) is 7.17. The summed E-state index contributed by atoms with van der Waals surface area (Å²) in [6, 6.07) is 2.89. The minimum atomic E-state index is -0.517. The predicted molar refractivity (Wildman–Crippen MR) is 71.6 cm³/mol. The number of benzene rings is 1. The van der Waals surface area contributed by atoms with Gasteiger partial charge in [-0.2, -0.15) is 0 Å². The lowest BCUT2D eigenvalue weighted by Crippen LogP contribution is -2.02. The molecular formula is C8H4Br2INO3. The number of ketones is 1. The standard InChI is InChI=1S/C8H4Br2INO3/c9-3-7(13)4-1-5(11)8(10)6(2-4)12(14)15/h1-2H,3H2. The highest BCUT2D eigenvalue weighted by atomic mass is 127. The average Bonchev–Trinajstić information content (AvgIpc) is 2.20. The number of carbonyl (C=O) groups excluding carboxylic acids is 1. The first-order chi connectivity index (χ1) is 6.97. The molecule has 0 saturated carbocycles. The average molecular weight is 449 g/mol. The molecule has 1 aromatic carbocycles. The molecule has 0 heterocycles. The molecule has 4 nitrogen and oxygen atoms in total. The van der Waals surface area contributed by atoms with E-state index in [1.165, 1.54) is 6.07 Å². The number of nitro groups is 1. The highest BCUT2D eigenvalue weighted by Gasteiger charge is 2.18. The molecule has 0 radical (unpaired) electrons. The van der Waals surface area contributed by atoms with Crippen LogP contribution < -0.4 is 0 Å². The van der Waals surface area contributed by atoms with Crippen LogP contribution in [0.4, 0.5) is 5.69 Å². The van der Waals surface area contributed by atoms with Gasteiger partial charge in [-0.3, -0.25) is 14.9 Å². The zero-order chi connectivity index (χ0) is 11.6. The van der Waals surface area contributed by atoms with Crippen LogP contribution in [0.1, 0.15) is 10.4 Å². The third-order valence-electron chi connectivity index (χ3n) is 1.65. The zero-order valence-corrected chi connectivity index (χ0v) is 12.5. The number of nitrogens with zero attached hydrogens (tertiary/aromatic N) is 1. The number of nitro benzene ring substituents is 1. The number of hydrogen-bond acceptors (Lipinski definition) is 3. The Hall–Kier alpha value is -0.0200. The third-order valence-corrected chi connectivity index (χ3v) is 4.58. The van der Waals surface area contributed by atoms with Gasteiger partial charge in [0, 0.05) is 15.2 Å². The van der Waals surface area contributed by atoms with Crippen LogP contribution in [0.2, 0.25) is 0 Å². The van der Waals surface area contributed by atoms with Gasteiger partial charge in [-0.1, -0.05) is 15.9 Å². The van der Waals surface area contributed by atoms with E-state index in [0.717, 1.165) is 0 Å². The topological polar surface area (TPSA) is 60.2 Å². The fourth-order valence-corrected chi connectivity index (χ4v) is 2.25. The Morgan fingerprint density at radius 1 is 1.53 bits per heavy atom. The molecule has 0 fully saturated rings. The van der Waals surface area contributed by atoms with E-state index < -0.39 is 4.92 Å². The molecule has 1 aromatic rings. The van der Waals surface area contributed by atoms with Gasteiger partial charge in [0.25, 0.3) is 5.69 Å². The number of halogens is 3. The smallest absolute Gasteiger partial charge is 0.285 e. The fourth-order valence-electron chi connectivity index (χ4n) is 0.946. The van der Waals surface area contributed by atoms with Crippen molar-refractivity contribution in [1.29, 1.82) is 0 Å². The van der Waals surface area contributed by atoms with Crippen LogP contribution in [-0.2, 0) is 0 Å². The lowest BCUT2D eigenvalue weighted by atomic mass is 10.1. The molecule has 1 rings (SSSR count). The van der Waals surface area contributed by atoms with Crippen molar-refractivity contribution in [2.24, 2.45) is 0 Å². The Morgan fingerprint density at radius 2 is 2.13 bits per heavy atom. The van der Waals surface area contributed by atoms with Crippen molar-refractivity contribution in [1.82, 2.24) is 0 Å². The first-order valence-corrected chi connectivity index (χ1v) is 6.69. The van der Waals surface area contributed by atoms with E-state index in [2.05, 4.69) is 31.9 Å². The summed E-state index contributed by atoms with van der Waals surface area (Å²) in [5.74, 6) is -0.177. The summed E-state index contributed by atoms with van der Waals surface area (Å²) in [5, 5.41) is 10.8. The van der Waals surface area contributed by atoms with Crippen molar-refractivity contribution in [2.45, 2.75) is 0 Å². The van der Waals surface area contributed by atoms with Gasteiger partial charge in [-0.15, -0.1) is 0 Å². The Labute approximate surface area is 116 Å². The van der Waals surface area contributed by atoms with Gasteiger partial charge in [0.1, 0.15) is 4.47 Å². The Bertz CT molecular complexity index is 436. The lowest BCUT2D eigenvalue weighted by Gasteiger charge is -2.02.